The maximum Gasteiger partial charge on any atom is 0.277 e. The van der Waals surface area contributed by atoms with Crippen molar-refractivity contribution in [1.29, 1.82) is 0 Å². The Balaban J connectivity index is 2.13. The second-order valence-electron chi connectivity index (χ2n) is 3.12. The minimum absolute atomic E-state index is 0.505. The quantitative estimate of drug-likeness (QED) is 0.847. The van der Waals surface area contributed by atoms with Crippen LogP contribution < -0.4 is 5.32 Å². The zero-order valence-corrected chi connectivity index (χ0v) is 9.47. The van der Waals surface area contributed by atoms with Gasteiger partial charge in [-0.2, -0.15) is 4.98 Å². The molecule has 0 saturated carbocycles. The van der Waals surface area contributed by atoms with Crippen molar-refractivity contribution in [3.8, 4) is 11.6 Å². The van der Waals surface area contributed by atoms with Crippen LogP contribution in [0.15, 0.2) is 9.90 Å². The summed E-state index contributed by atoms with van der Waals surface area (Å²) in [7, 11) is 1.89. The molecule has 5 nitrogen and oxygen atoms in total. The molecule has 2 heterocycles. The molecule has 0 aliphatic heterocycles. The summed E-state index contributed by atoms with van der Waals surface area (Å²) >= 11 is 1.58. The summed E-state index contributed by atoms with van der Waals surface area (Å²) in [5.74, 6) is 1.22. The Kier molecular flexibility index (Phi) is 3.08. The molecule has 0 bridgehead atoms. The van der Waals surface area contributed by atoms with Crippen LogP contribution in [0.3, 0.4) is 0 Å². The maximum atomic E-state index is 5.12. The molecule has 0 unspecified atom stereocenters. The van der Waals surface area contributed by atoms with E-state index in [0.717, 1.165) is 23.7 Å². The molecular formula is C9H12N4OS. The molecule has 2 aromatic heterocycles. The van der Waals surface area contributed by atoms with Gasteiger partial charge < -0.3 is 9.84 Å². The summed E-state index contributed by atoms with van der Waals surface area (Å²) in [5.41, 5.74) is 0.765. The molecule has 0 atom stereocenters. The first-order valence-electron chi connectivity index (χ1n) is 4.69. The fraction of sp³-hybridized carbons (Fsp3) is 0.444. The van der Waals surface area contributed by atoms with E-state index in [2.05, 4.69) is 20.4 Å². The van der Waals surface area contributed by atoms with E-state index >= 15 is 0 Å². The van der Waals surface area contributed by atoms with Gasteiger partial charge in [0.25, 0.3) is 5.89 Å². The van der Waals surface area contributed by atoms with Crippen molar-refractivity contribution in [2.24, 2.45) is 0 Å². The maximum absolute atomic E-state index is 5.12. The molecule has 6 heteroatoms. The van der Waals surface area contributed by atoms with E-state index in [1.165, 1.54) is 0 Å². The molecule has 0 radical (unpaired) electrons. The van der Waals surface area contributed by atoms with Gasteiger partial charge in [-0.25, -0.2) is 4.98 Å². The van der Waals surface area contributed by atoms with Gasteiger partial charge in [-0.1, -0.05) is 5.16 Å². The van der Waals surface area contributed by atoms with Crippen LogP contribution in [0.4, 0.5) is 0 Å². The highest BCUT2D eigenvalue weighted by Crippen LogP contribution is 2.19. The summed E-state index contributed by atoms with van der Waals surface area (Å²) in [6.45, 7) is 2.79. The van der Waals surface area contributed by atoms with E-state index in [4.69, 9.17) is 4.52 Å². The molecule has 80 valence electrons. The molecule has 0 amide bonds. The zero-order chi connectivity index (χ0) is 10.7. The molecule has 0 aliphatic carbocycles. The molecule has 2 rings (SSSR count). The first-order valence-corrected chi connectivity index (χ1v) is 5.57. The Morgan fingerprint density at radius 3 is 3.00 bits per heavy atom. The highest BCUT2D eigenvalue weighted by atomic mass is 32.1. The molecule has 2 aromatic rings. The Labute approximate surface area is 91.5 Å². The first kappa shape index (κ1) is 10.3. The van der Waals surface area contributed by atoms with Crippen molar-refractivity contribution >= 4 is 11.3 Å². The van der Waals surface area contributed by atoms with Crippen molar-refractivity contribution in [1.82, 2.24) is 20.4 Å². The number of rotatable bonds is 4. The van der Waals surface area contributed by atoms with Crippen molar-refractivity contribution in [2.45, 2.75) is 13.3 Å². The van der Waals surface area contributed by atoms with E-state index in [1.807, 2.05) is 19.4 Å². The lowest BCUT2D eigenvalue weighted by Crippen LogP contribution is -2.10. The number of thiazole rings is 1. The number of hydrogen-bond donors (Lipinski definition) is 1. The van der Waals surface area contributed by atoms with Crippen LogP contribution in [0.25, 0.3) is 11.6 Å². The van der Waals surface area contributed by atoms with Gasteiger partial charge in [-0.05, 0) is 14.0 Å². The third-order valence-electron chi connectivity index (χ3n) is 1.90. The zero-order valence-electron chi connectivity index (χ0n) is 8.65. The predicted octanol–water partition coefficient (Wildman–Crippen LogP) is 1.26. The molecular weight excluding hydrogens is 212 g/mol. The summed E-state index contributed by atoms with van der Waals surface area (Å²) in [4.78, 5) is 8.54. The van der Waals surface area contributed by atoms with Gasteiger partial charge in [0, 0.05) is 18.3 Å². The number of nitrogens with one attached hydrogen (secondary N) is 1. The molecule has 0 aliphatic rings. The van der Waals surface area contributed by atoms with Crippen LogP contribution in [-0.4, -0.2) is 28.7 Å². The lowest BCUT2D eigenvalue weighted by atomic mass is 10.4. The van der Waals surface area contributed by atoms with Crippen molar-refractivity contribution in [3.63, 3.8) is 0 Å². The SMILES string of the molecule is CNCCc1noc(-c2csc(C)n2)n1. The van der Waals surface area contributed by atoms with E-state index in [-0.39, 0.29) is 0 Å². The van der Waals surface area contributed by atoms with Gasteiger partial charge in [-0.3, -0.25) is 0 Å². The van der Waals surface area contributed by atoms with Crippen LogP contribution in [0, 0.1) is 6.92 Å². The number of nitrogens with zero attached hydrogens (tertiary/aromatic N) is 3. The largest absolute Gasteiger partial charge is 0.332 e. The number of aromatic nitrogens is 3. The van der Waals surface area contributed by atoms with Crippen LogP contribution in [-0.2, 0) is 6.42 Å². The Morgan fingerprint density at radius 2 is 2.33 bits per heavy atom. The predicted molar refractivity (Wildman–Crippen MR) is 57.8 cm³/mol. The standard InChI is InChI=1S/C9H12N4OS/c1-6-11-7(5-15-6)9-12-8(13-14-9)3-4-10-2/h5,10H,3-4H2,1-2H3. The molecule has 1 N–H and O–H groups in total. The Morgan fingerprint density at radius 1 is 1.47 bits per heavy atom. The van der Waals surface area contributed by atoms with Gasteiger partial charge in [0.15, 0.2) is 5.82 Å². The van der Waals surface area contributed by atoms with Gasteiger partial charge >= 0.3 is 0 Å². The van der Waals surface area contributed by atoms with Crippen LogP contribution >= 0.6 is 11.3 Å². The molecule has 0 aromatic carbocycles. The number of aryl methyl sites for hydroxylation is 1. The van der Waals surface area contributed by atoms with Gasteiger partial charge in [0.05, 0.1) is 5.01 Å². The number of likely N-dealkylation sites (N-methyl/N-ethyl adjacent to an activating group) is 1. The lowest BCUT2D eigenvalue weighted by Gasteiger charge is -1.90. The van der Waals surface area contributed by atoms with Gasteiger partial charge in [0.2, 0.25) is 0 Å². The minimum Gasteiger partial charge on any atom is -0.332 e. The highest BCUT2D eigenvalue weighted by Gasteiger charge is 2.10. The van der Waals surface area contributed by atoms with Crippen molar-refractivity contribution in [2.75, 3.05) is 13.6 Å². The minimum atomic E-state index is 0.505. The second kappa shape index (κ2) is 4.50. The second-order valence-corrected chi connectivity index (χ2v) is 4.18. The fourth-order valence-electron chi connectivity index (χ4n) is 1.16. The topological polar surface area (TPSA) is 63.8 Å². The van der Waals surface area contributed by atoms with E-state index in [9.17, 15) is 0 Å². The normalized spacial score (nSPS) is 10.8. The van der Waals surface area contributed by atoms with E-state index in [0.29, 0.717) is 11.7 Å². The summed E-state index contributed by atoms with van der Waals surface area (Å²) < 4.78 is 5.12. The monoisotopic (exact) mass is 224 g/mol. The Hall–Kier alpha value is -1.27. The van der Waals surface area contributed by atoms with Crippen molar-refractivity contribution < 1.29 is 4.52 Å². The van der Waals surface area contributed by atoms with Crippen LogP contribution in [0.1, 0.15) is 10.8 Å². The third kappa shape index (κ3) is 2.40. The highest BCUT2D eigenvalue weighted by molar-refractivity contribution is 7.09. The first-order chi connectivity index (χ1) is 7.29. The molecule has 0 spiro atoms. The molecule has 15 heavy (non-hydrogen) atoms. The molecule has 0 saturated heterocycles. The smallest absolute Gasteiger partial charge is 0.277 e. The third-order valence-corrected chi connectivity index (χ3v) is 2.68. The summed E-state index contributed by atoms with van der Waals surface area (Å²) in [5, 5.41) is 9.83. The van der Waals surface area contributed by atoms with E-state index in [1.54, 1.807) is 11.3 Å². The summed E-state index contributed by atoms with van der Waals surface area (Å²) in [6, 6.07) is 0. The van der Waals surface area contributed by atoms with Crippen molar-refractivity contribution in [3.05, 3.63) is 16.2 Å². The average Bonchev–Trinajstić information content (AvgIpc) is 2.83. The van der Waals surface area contributed by atoms with Crippen LogP contribution in [0.5, 0.6) is 0 Å². The van der Waals surface area contributed by atoms with Crippen LogP contribution in [0.2, 0.25) is 0 Å². The summed E-state index contributed by atoms with van der Waals surface area (Å²) in [6.07, 6.45) is 0.767. The molecule has 0 fully saturated rings. The van der Waals surface area contributed by atoms with Gasteiger partial charge in [-0.15, -0.1) is 11.3 Å². The van der Waals surface area contributed by atoms with Gasteiger partial charge in [0.1, 0.15) is 5.69 Å². The lowest BCUT2D eigenvalue weighted by molar-refractivity contribution is 0.421. The fourth-order valence-corrected chi connectivity index (χ4v) is 1.74. The average molecular weight is 224 g/mol. The van der Waals surface area contributed by atoms with E-state index < -0.39 is 0 Å². The number of hydrogen-bond acceptors (Lipinski definition) is 6. The Bertz CT molecular complexity index is 437.